The lowest BCUT2D eigenvalue weighted by molar-refractivity contribution is 0.0130. The van der Waals surface area contributed by atoms with Crippen molar-refractivity contribution in [2.24, 2.45) is 0 Å². The van der Waals surface area contributed by atoms with Gasteiger partial charge >= 0.3 is 6.09 Å². The maximum absolute atomic E-state index is 14.1. The molecule has 5 rings (SSSR count). The van der Waals surface area contributed by atoms with Crippen molar-refractivity contribution in [2.45, 2.75) is 58.7 Å². The van der Waals surface area contributed by atoms with Gasteiger partial charge in [-0.2, -0.15) is 0 Å². The van der Waals surface area contributed by atoms with Crippen LogP contribution in [-0.2, 0) is 4.74 Å². The summed E-state index contributed by atoms with van der Waals surface area (Å²) < 4.78 is 35.5. The molecule has 0 bridgehead atoms. The lowest BCUT2D eigenvalue weighted by Crippen LogP contribution is -2.59. The van der Waals surface area contributed by atoms with Crippen LogP contribution < -0.4 is 9.80 Å². The molecule has 2 saturated heterocycles. The molecular weight excluding hydrogens is 466 g/mol. The Bertz CT molecular complexity index is 1280. The molecule has 2 aliphatic heterocycles. The van der Waals surface area contributed by atoms with E-state index in [2.05, 4.69) is 26.7 Å². The molecule has 8 nitrogen and oxygen atoms in total. The van der Waals surface area contributed by atoms with Gasteiger partial charge in [0, 0.05) is 50.5 Å². The van der Waals surface area contributed by atoms with Crippen molar-refractivity contribution in [1.29, 1.82) is 0 Å². The maximum Gasteiger partial charge on any atom is 0.410 e. The van der Waals surface area contributed by atoms with E-state index in [-0.39, 0.29) is 18.2 Å². The standard InChI is InChI=1S/C26H32F2N6O2/c1-16-13-33(25(35)36-26(3,4)5)17(2)12-32(16)23-22-21(31-7-6-8-31)14-34(24(22)30-15-29-23)20-10-18(27)9-19(28)11-20/h9-11,14-17H,6-8,12-13H2,1-5H3/t16?,17-/m0/s1. The number of fused-ring (bicyclic) bond motifs is 1. The van der Waals surface area contributed by atoms with E-state index in [1.54, 1.807) is 9.47 Å². The lowest BCUT2D eigenvalue weighted by atomic mass is 10.1. The monoisotopic (exact) mass is 498 g/mol. The van der Waals surface area contributed by atoms with Crippen LogP contribution in [0.25, 0.3) is 16.7 Å². The molecule has 0 N–H and O–H groups in total. The summed E-state index contributed by atoms with van der Waals surface area (Å²) in [6, 6.07) is 3.32. The van der Waals surface area contributed by atoms with E-state index in [4.69, 9.17) is 4.74 Å². The van der Waals surface area contributed by atoms with Crippen LogP contribution in [-0.4, -0.2) is 69.4 Å². The van der Waals surface area contributed by atoms with E-state index >= 15 is 0 Å². The van der Waals surface area contributed by atoms with Gasteiger partial charge in [-0.3, -0.25) is 4.57 Å². The Kier molecular flexibility index (Phi) is 6.00. The third-order valence-corrected chi connectivity index (χ3v) is 6.75. The summed E-state index contributed by atoms with van der Waals surface area (Å²) in [4.78, 5) is 28.2. The van der Waals surface area contributed by atoms with Gasteiger partial charge in [0.1, 0.15) is 29.4 Å². The van der Waals surface area contributed by atoms with Gasteiger partial charge in [0.05, 0.1) is 16.8 Å². The Labute approximate surface area is 209 Å². The minimum Gasteiger partial charge on any atom is -0.444 e. The number of carbonyl (C=O) groups excluding carboxylic acids is 1. The average Bonchev–Trinajstić information content (AvgIpc) is 3.11. The summed E-state index contributed by atoms with van der Waals surface area (Å²) in [6.45, 7) is 12.5. The third kappa shape index (κ3) is 4.44. The van der Waals surface area contributed by atoms with Crippen molar-refractivity contribution in [3.8, 4) is 5.69 Å². The number of rotatable bonds is 3. The van der Waals surface area contributed by atoms with Gasteiger partial charge in [-0.15, -0.1) is 0 Å². The zero-order valence-corrected chi connectivity index (χ0v) is 21.3. The van der Waals surface area contributed by atoms with E-state index in [0.717, 1.165) is 42.5 Å². The van der Waals surface area contributed by atoms with Crippen molar-refractivity contribution >= 4 is 28.6 Å². The number of nitrogens with zero attached hydrogens (tertiary/aromatic N) is 6. The zero-order chi connectivity index (χ0) is 25.8. The highest BCUT2D eigenvalue weighted by atomic mass is 19.1. The number of hydrogen-bond donors (Lipinski definition) is 0. The molecule has 2 fully saturated rings. The summed E-state index contributed by atoms with van der Waals surface area (Å²) in [7, 11) is 0. The average molecular weight is 499 g/mol. The van der Waals surface area contributed by atoms with Gasteiger partial charge in [0.15, 0.2) is 5.65 Å². The quantitative estimate of drug-likeness (QED) is 0.520. The highest BCUT2D eigenvalue weighted by molar-refractivity contribution is 6.01. The molecule has 3 aromatic rings. The number of aromatic nitrogens is 3. The molecule has 0 spiro atoms. The summed E-state index contributed by atoms with van der Waals surface area (Å²) in [5.41, 5.74) is 1.32. The van der Waals surface area contributed by atoms with Crippen LogP contribution in [0.1, 0.15) is 41.0 Å². The third-order valence-electron chi connectivity index (χ3n) is 6.75. The van der Waals surface area contributed by atoms with Crippen LogP contribution in [0.5, 0.6) is 0 Å². The van der Waals surface area contributed by atoms with Gasteiger partial charge in [0.25, 0.3) is 0 Å². The summed E-state index contributed by atoms with van der Waals surface area (Å²) in [5, 5.41) is 0.839. The molecule has 10 heteroatoms. The normalized spacial score (nSPS) is 20.6. The van der Waals surface area contributed by atoms with E-state index in [1.165, 1.54) is 18.5 Å². The summed E-state index contributed by atoms with van der Waals surface area (Å²) in [5.74, 6) is -0.541. The van der Waals surface area contributed by atoms with E-state index in [9.17, 15) is 13.6 Å². The molecule has 4 heterocycles. The second-order valence-corrected chi connectivity index (χ2v) is 10.7. The number of benzene rings is 1. The van der Waals surface area contributed by atoms with Crippen molar-refractivity contribution < 1.29 is 18.3 Å². The molecule has 192 valence electrons. The molecule has 2 aromatic heterocycles. The van der Waals surface area contributed by atoms with E-state index in [1.807, 2.05) is 33.9 Å². The highest BCUT2D eigenvalue weighted by Crippen LogP contribution is 2.39. The van der Waals surface area contributed by atoms with E-state index < -0.39 is 17.2 Å². The van der Waals surface area contributed by atoms with Crippen molar-refractivity contribution in [3.05, 3.63) is 42.4 Å². The van der Waals surface area contributed by atoms with Gasteiger partial charge in [0.2, 0.25) is 0 Å². The molecule has 36 heavy (non-hydrogen) atoms. The van der Waals surface area contributed by atoms with Crippen LogP contribution >= 0.6 is 0 Å². The minimum atomic E-state index is -0.646. The number of ether oxygens (including phenoxy) is 1. The minimum absolute atomic E-state index is 0.0361. The molecule has 1 amide bonds. The van der Waals surface area contributed by atoms with Crippen molar-refractivity contribution in [3.63, 3.8) is 0 Å². The van der Waals surface area contributed by atoms with Crippen LogP contribution in [0.15, 0.2) is 30.7 Å². The van der Waals surface area contributed by atoms with Gasteiger partial charge < -0.3 is 19.4 Å². The van der Waals surface area contributed by atoms with Crippen LogP contribution in [0.4, 0.5) is 25.1 Å². The fourth-order valence-corrected chi connectivity index (χ4v) is 4.91. The fraction of sp³-hybridized carbons (Fsp3) is 0.500. The Morgan fingerprint density at radius 1 is 1.03 bits per heavy atom. The van der Waals surface area contributed by atoms with E-state index in [0.29, 0.717) is 24.4 Å². The van der Waals surface area contributed by atoms with Crippen LogP contribution in [0.3, 0.4) is 0 Å². The largest absolute Gasteiger partial charge is 0.444 e. The molecule has 0 radical (unpaired) electrons. The SMILES string of the molecule is CC1CN(C(=O)OC(C)(C)C)[C@@H](C)CN1c1ncnc2c1c(N1CCC1)cn2-c1cc(F)cc(F)c1. The first-order valence-electron chi connectivity index (χ1n) is 12.4. The van der Waals surface area contributed by atoms with Gasteiger partial charge in [-0.05, 0) is 53.2 Å². The first-order valence-corrected chi connectivity index (χ1v) is 12.4. The number of carbonyl (C=O) groups is 1. The Morgan fingerprint density at radius 2 is 1.72 bits per heavy atom. The number of halogens is 2. The Hall–Kier alpha value is -3.43. The molecule has 2 atom stereocenters. The molecule has 0 aliphatic carbocycles. The molecule has 1 aromatic carbocycles. The second-order valence-electron chi connectivity index (χ2n) is 10.7. The first kappa shape index (κ1) is 24.3. The number of piperazine rings is 1. The smallest absolute Gasteiger partial charge is 0.410 e. The van der Waals surface area contributed by atoms with Crippen LogP contribution in [0, 0.1) is 11.6 Å². The predicted molar refractivity (Wildman–Crippen MR) is 135 cm³/mol. The summed E-state index contributed by atoms with van der Waals surface area (Å²) in [6.07, 6.45) is 4.13. The maximum atomic E-state index is 14.1. The lowest BCUT2D eigenvalue weighted by Gasteiger charge is -2.45. The molecule has 0 saturated carbocycles. The van der Waals surface area contributed by atoms with Crippen molar-refractivity contribution in [1.82, 2.24) is 19.4 Å². The zero-order valence-electron chi connectivity index (χ0n) is 21.3. The molecule has 1 unspecified atom stereocenters. The van der Waals surface area contributed by atoms with Crippen molar-refractivity contribution in [2.75, 3.05) is 36.0 Å². The summed E-state index contributed by atoms with van der Waals surface area (Å²) >= 11 is 0. The second kappa shape index (κ2) is 8.90. The van der Waals surface area contributed by atoms with Crippen LogP contribution in [0.2, 0.25) is 0 Å². The fourth-order valence-electron chi connectivity index (χ4n) is 4.91. The number of hydrogen-bond acceptors (Lipinski definition) is 6. The molecular formula is C26H32F2N6O2. The molecule has 2 aliphatic rings. The predicted octanol–water partition coefficient (Wildman–Crippen LogP) is 4.74. The Balaban J connectivity index is 1.56. The van der Waals surface area contributed by atoms with Gasteiger partial charge in [-0.1, -0.05) is 0 Å². The first-order chi connectivity index (χ1) is 17.0. The number of anilines is 2. The van der Waals surface area contributed by atoms with Gasteiger partial charge in [-0.25, -0.2) is 23.5 Å². The highest BCUT2D eigenvalue weighted by Gasteiger charge is 2.37. The number of amides is 1. The Morgan fingerprint density at radius 3 is 2.33 bits per heavy atom. The topological polar surface area (TPSA) is 66.7 Å².